The molecule has 19 heavy (non-hydrogen) atoms. The number of rotatable bonds is 6. The first-order valence-corrected chi connectivity index (χ1v) is 5.52. The van der Waals surface area contributed by atoms with E-state index in [1.165, 1.54) is 28.4 Å². The zero-order chi connectivity index (χ0) is 14.3. The minimum atomic E-state index is -0.399. The minimum Gasteiger partial charge on any atom is -0.493 e. The van der Waals surface area contributed by atoms with E-state index in [1.807, 2.05) is 0 Å². The number of nitrogens with zero attached hydrogens (tertiary/aromatic N) is 1. The summed E-state index contributed by atoms with van der Waals surface area (Å²) in [6.07, 6.45) is 1.54. The van der Waals surface area contributed by atoms with Gasteiger partial charge in [0.25, 0.3) is 0 Å². The molecule has 104 valence electrons. The van der Waals surface area contributed by atoms with Crippen LogP contribution in [0.15, 0.2) is 17.1 Å². The summed E-state index contributed by atoms with van der Waals surface area (Å²) in [4.78, 5) is 14.9. The van der Waals surface area contributed by atoms with Gasteiger partial charge in [0.15, 0.2) is 11.5 Å². The summed E-state index contributed by atoms with van der Waals surface area (Å²) < 4.78 is 20.1. The van der Waals surface area contributed by atoms with E-state index >= 15 is 0 Å². The van der Waals surface area contributed by atoms with Gasteiger partial charge in [-0.1, -0.05) is 0 Å². The number of carbonyl (C=O) groups excluding carboxylic acids is 1. The number of esters is 1. The maximum absolute atomic E-state index is 10.9. The second-order valence-electron chi connectivity index (χ2n) is 3.50. The Bertz CT molecular complexity index is 445. The molecule has 0 heterocycles. The van der Waals surface area contributed by atoms with E-state index in [0.717, 1.165) is 5.56 Å². The highest BCUT2D eigenvalue weighted by Gasteiger charge is 2.12. The van der Waals surface area contributed by atoms with E-state index < -0.39 is 5.97 Å². The fraction of sp³-hybridized carbons (Fsp3) is 0.385. The van der Waals surface area contributed by atoms with Crippen molar-refractivity contribution < 1.29 is 23.7 Å². The molecule has 0 unspecified atom stereocenters. The van der Waals surface area contributed by atoms with Crippen LogP contribution in [-0.4, -0.2) is 47.2 Å². The molecule has 0 radical (unpaired) electrons. The highest BCUT2D eigenvalue weighted by molar-refractivity contribution is 5.84. The van der Waals surface area contributed by atoms with Crippen molar-refractivity contribution in [3.8, 4) is 17.2 Å². The Morgan fingerprint density at radius 3 is 2.11 bits per heavy atom. The van der Waals surface area contributed by atoms with Crippen molar-refractivity contribution in [3.05, 3.63) is 17.7 Å². The maximum Gasteiger partial charge on any atom is 0.327 e. The third kappa shape index (κ3) is 3.87. The first-order valence-electron chi connectivity index (χ1n) is 5.52. The lowest BCUT2D eigenvalue weighted by Gasteiger charge is -2.12. The van der Waals surface area contributed by atoms with Crippen LogP contribution in [0.3, 0.4) is 0 Å². The predicted octanol–water partition coefficient (Wildman–Crippen LogP) is 1.30. The van der Waals surface area contributed by atoms with Gasteiger partial charge in [-0.2, -0.15) is 0 Å². The second-order valence-corrected chi connectivity index (χ2v) is 3.50. The van der Waals surface area contributed by atoms with E-state index in [0.29, 0.717) is 17.2 Å². The molecule has 6 heteroatoms. The molecule has 0 fully saturated rings. The molecule has 0 spiro atoms. The molecule has 1 aromatic rings. The molecule has 0 atom stereocenters. The minimum absolute atomic E-state index is 0.0346. The maximum atomic E-state index is 10.9. The van der Waals surface area contributed by atoms with Crippen LogP contribution in [0.4, 0.5) is 0 Å². The Morgan fingerprint density at radius 1 is 1.11 bits per heavy atom. The molecular weight excluding hydrogens is 250 g/mol. The highest BCUT2D eigenvalue weighted by Crippen LogP contribution is 2.37. The fourth-order valence-corrected chi connectivity index (χ4v) is 1.47. The average molecular weight is 267 g/mol. The van der Waals surface area contributed by atoms with Crippen molar-refractivity contribution in [2.75, 3.05) is 35.0 Å². The number of methoxy groups -OCH3 is 4. The van der Waals surface area contributed by atoms with Gasteiger partial charge in [0.2, 0.25) is 5.75 Å². The lowest BCUT2D eigenvalue weighted by atomic mass is 10.2. The van der Waals surface area contributed by atoms with Gasteiger partial charge in [-0.25, -0.2) is 0 Å². The molecule has 0 aromatic heterocycles. The number of ether oxygens (including phenoxy) is 4. The molecule has 0 saturated heterocycles. The van der Waals surface area contributed by atoms with Crippen LogP contribution in [0.25, 0.3) is 0 Å². The summed E-state index contributed by atoms with van der Waals surface area (Å²) in [6.45, 7) is -0.0346. The third-order valence-corrected chi connectivity index (χ3v) is 2.38. The molecule has 6 nitrogen and oxygen atoms in total. The largest absolute Gasteiger partial charge is 0.493 e. The monoisotopic (exact) mass is 267 g/mol. The van der Waals surface area contributed by atoms with Crippen LogP contribution in [-0.2, 0) is 9.53 Å². The normalized spacial score (nSPS) is 10.3. The van der Waals surface area contributed by atoms with Crippen LogP contribution in [0.2, 0.25) is 0 Å². The van der Waals surface area contributed by atoms with Crippen molar-refractivity contribution in [2.45, 2.75) is 0 Å². The molecular formula is C13H17NO5. The zero-order valence-corrected chi connectivity index (χ0v) is 11.4. The van der Waals surface area contributed by atoms with Crippen molar-refractivity contribution in [1.29, 1.82) is 0 Å². The number of hydrogen-bond acceptors (Lipinski definition) is 6. The standard InChI is InChI=1S/C13H17NO5/c1-16-10-5-9(7-14-8-12(15)18-3)6-11(17-2)13(10)19-4/h5-7H,8H2,1-4H3. The summed E-state index contributed by atoms with van der Waals surface area (Å²) in [5.41, 5.74) is 0.735. The molecule has 0 aliphatic carbocycles. The summed E-state index contributed by atoms with van der Waals surface area (Å²) in [7, 11) is 5.92. The van der Waals surface area contributed by atoms with Crippen molar-refractivity contribution >= 4 is 12.2 Å². The van der Waals surface area contributed by atoms with Gasteiger partial charge in [-0.3, -0.25) is 9.79 Å². The highest BCUT2D eigenvalue weighted by atomic mass is 16.5. The summed E-state index contributed by atoms with van der Waals surface area (Å²) >= 11 is 0. The molecule has 0 bridgehead atoms. The number of carbonyl (C=O) groups is 1. The van der Waals surface area contributed by atoms with Crippen molar-refractivity contribution in [1.82, 2.24) is 0 Å². The third-order valence-electron chi connectivity index (χ3n) is 2.38. The fourth-order valence-electron chi connectivity index (χ4n) is 1.47. The van der Waals surface area contributed by atoms with Crippen LogP contribution < -0.4 is 14.2 Å². The molecule has 0 N–H and O–H groups in total. The van der Waals surface area contributed by atoms with Crippen molar-refractivity contribution in [2.24, 2.45) is 4.99 Å². The van der Waals surface area contributed by atoms with Crippen molar-refractivity contribution in [3.63, 3.8) is 0 Å². The van der Waals surface area contributed by atoms with Crippen LogP contribution >= 0.6 is 0 Å². The van der Waals surface area contributed by atoms with Gasteiger partial charge in [0.05, 0.1) is 28.4 Å². The Morgan fingerprint density at radius 2 is 1.68 bits per heavy atom. The first kappa shape index (κ1) is 14.8. The molecule has 0 saturated carbocycles. The lowest BCUT2D eigenvalue weighted by Crippen LogP contribution is -2.04. The predicted molar refractivity (Wildman–Crippen MR) is 70.6 cm³/mol. The smallest absolute Gasteiger partial charge is 0.327 e. The quantitative estimate of drug-likeness (QED) is 0.574. The zero-order valence-electron chi connectivity index (χ0n) is 11.4. The Labute approximate surface area is 111 Å². The second kappa shape index (κ2) is 7.25. The number of hydrogen-bond donors (Lipinski definition) is 0. The van der Waals surface area contributed by atoms with Gasteiger partial charge in [0, 0.05) is 6.21 Å². The van der Waals surface area contributed by atoms with Gasteiger partial charge in [-0.15, -0.1) is 0 Å². The van der Waals surface area contributed by atoms with E-state index in [4.69, 9.17) is 14.2 Å². The van der Waals surface area contributed by atoms with Gasteiger partial charge in [-0.05, 0) is 17.7 Å². The Kier molecular flexibility index (Phi) is 5.66. The molecule has 0 amide bonds. The molecule has 0 aliphatic rings. The molecule has 0 aliphatic heterocycles. The van der Waals surface area contributed by atoms with Crippen LogP contribution in [0, 0.1) is 0 Å². The van der Waals surface area contributed by atoms with E-state index in [9.17, 15) is 4.79 Å². The number of aliphatic imine (C=N–C) groups is 1. The van der Waals surface area contributed by atoms with Gasteiger partial charge < -0.3 is 18.9 Å². The summed E-state index contributed by atoms with van der Waals surface area (Å²) in [6, 6.07) is 3.48. The first-order chi connectivity index (χ1) is 9.15. The topological polar surface area (TPSA) is 66.4 Å². The van der Waals surface area contributed by atoms with E-state index in [-0.39, 0.29) is 6.54 Å². The molecule has 1 rings (SSSR count). The summed E-state index contributed by atoms with van der Waals surface area (Å²) in [5.74, 6) is 1.17. The number of benzene rings is 1. The van der Waals surface area contributed by atoms with Crippen LogP contribution in [0.5, 0.6) is 17.2 Å². The van der Waals surface area contributed by atoms with Gasteiger partial charge in [0.1, 0.15) is 6.54 Å². The van der Waals surface area contributed by atoms with E-state index in [1.54, 1.807) is 18.3 Å². The summed E-state index contributed by atoms with van der Waals surface area (Å²) in [5, 5.41) is 0. The average Bonchev–Trinajstić information content (AvgIpc) is 2.45. The Balaban J connectivity index is 2.99. The van der Waals surface area contributed by atoms with E-state index in [2.05, 4.69) is 9.73 Å². The van der Waals surface area contributed by atoms with Crippen LogP contribution in [0.1, 0.15) is 5.56 Å². The lowest BCUT2D eigenvalue weighted by molar-refractivity contribution is -0.138. The molecule has 1 aromatic carbocycles. The SMILES string of the molecule is COC(=O)CN=Cc1cc(OC)c(OC)c(OC)c1. The Hall–Kier alpha value is -2.24. The van der Waals surface area contributed by atoms with Gasteiger partial charge >= 0.3 is 5.97 Å².